The molecule has 0 aliphatic rings. The first kappa shape index (κ1) is 20.8. The number of anilines is 3. The van der Waals surface area contributed by atoms with E-state index in [4.69, 9.17) is 0 Å². The van der Waals surface area contributed by atoms with Crippen LogP contribution in [0.1, 0.15) is 16.9 Å². The zero-order valence-corrected chi connectivity index (χ0v) is 18.6. The largest absolute Gasteiger partial charge is 0.343 e. The molecule has 0 unspecified atom stereocenters. The fraction of sp³-hybridized carbons (Fsp3) is 0.208. The van der Waals surface area contributed by atoms with Gasteiger partial charge < -0.3 is 10.2 Å². The second kappa shape index (κ2) is 8.73. The maximum atomic E-state index is 12.8. The molecule has 4 aromatic rings. The van der Waals surface area contributed by atoms with Crippen molar-refractivity contribution in [2.45, 2.75) is 26.8 Å². The molecule has 0 saturated carbocycles. The molecule has 0 aliphatic heterocycles. The summed E-state index contributed by atoms with van der Waals surface area (Å²) >= 11 is 1.52. The van der Waals surface area contributed by atoms with Gasteiger partial charge in [-0.2, -0.15) is 0 Å². The third-order valence-corrected chi connectivity index (χ3v) is 6.53. The second-order valence-corrected chi connectivity index (χ2v) is 8.62. The van der Waals surface area contributed by atoms with Crippen LogP contribution >= 0.6 is 11.3 Å². The Morgan fingerprint density at radius 1 is 1.10 bits per heavy atom. The lowest BCUT2D eigenvalue weighted by molar-refractivity contribution is -0.116. The molecule has 1 N–H and O–H groups in total. The lowest BCUT2D eigenvalue weighted by atomic mass is 10.2. The molecule has 0 bridgehead atoms. The van der Waals surface area contributed by atoms with Crippen molar-refractivity contribution in [3.8, 4) is 0 Å². The summed E-state index contributed by atoms with van der Waals surface area (Å²) in [5, 5.41) is 3.64. The summed E-state index contributed by atoms with van der Waals surface area (Å²) in [6.45, 7) is 4.20. The first-order valence-corrected chi connectivity index (χ1v) is 10.9. The van der Waals surface area contributed by atoms with E-state index in [1.54, 1.807) is 0 Å². The van der Waals surface area contributed by atoms with E-state index in [0.29, 0.717) is 5.39 Å². The van der Waals surface area contributed by atoms with Gasteiger partial charge in [0.25, 0.3) is 5.56 Å². The van der Waals surface area contributed by atoms with Gasteiger partial charge in [-0.1, -0.05) is 30.3 Å². The number of nitrogens with one attached hydrogen (secondary N) is 1. The van der Waals surface area contributed by atoms with E-state index in [1.165, 1.54) is 22.2 Å². The molecule has 7 heteroatoms. The number of hydrogen-bond donors (Lipinski definition) is 1. The van der Waals surface area contributed by atoms with Crippen molar-refractivity contribution in [3.63, 3.8) is 0 Å². The van der Waals surface area contributed by atoms with E-state index in [0.717, 1.165) is 32.3 Å². The summed E-state index contributed by atoms with van der Waals surface area (Å²) in [4.78, 5) is 33.8. The number of hydrogen-bond acceptors (Lipinski definition) is 5. The SMILES string of the molecule is Cc1sc2ncn(CCC(=O)Nc3ccccc3N(C)c3ccccc3)c(=O)c2c1C. The highest BCUT2D eigenvalue weighted by Gasteiger charge is 2.14. The molecule has 0 spiro atoms. The number of para-hydroxylation sites is 3. The molecule has 4 rings (SSSR count). The number of carbonyl (C=O) groups is 1. The highest BCUT2D eigenvalue weighted by Crippen LogP contribution is 2.30. The number of rotatable bonds is 6. The van der Waals surface area contributed by atoms with Crippen LogP contribution in [0.15, 0.2) is 65.7 Å². The Balaban J connectivity index is 1.49. The van der Waals surface area contributed by atoms with Crippen molar-refractivity contribution in [3.05, 3.63) is 81.7 Å². The number of aromatic nitrogens is 2. The molecule has 1 amide bonds. The van der Waals surface area contributed by atoms with Gasteiger partial charge >= 0.3 is 0 Å². The van der Waals surface area contributed by atoms with Crippen LogP contribution in [0.25, 0.3) is 10.2 Å². The van der Waals surface area contributed by atoms with E-state index in [9.17, 15) is 9.59 Å². The Morgan fingerprint density at radius 2 is 1.81 bits per heavy atom. The van der Waals surface area contributed by atoms with Crippen molar-refractivity contribution in [1.82, 2.24) is 9.55 Å². The first-order chi connectivity index (χ1) is 15.0. The predicted molar refractivity (Wildman–Crippen MR) is 128 cm³/mol. The fourth-order valence-electron chi connectivity index (χ4n) is 3.53. The molecule has 0 aliphatic carbocycles. The van der Waals surface area contributed by atoms with Crippen LogP contribution in [0, 0.1) is 13.8 Å². The monoisotopic (exact) mass is 432 g/mol. The highest BCUT2D eigenvalue weighted by atomic mass is 32.1. The summed E-state index contributed by atoms with van der Waals surface area (Å²) in [6.07, 6.45) is 1.71. The van der Waals surface area contributed by atoms with Crippen LogP contribution < -0.4 is 15.8 Å². The molecule has 2 aromatic carbocycles. The summed E-state index contributed by atoms with van der Waals surface area (Å²) in [7, 11) is 1.96. The maximum absolute atomic E-state index is 12.8. The standard InChI is InChI=1S/C24H24N4O2S/c1-16-17(2)31-23-22(16)24(30)28(15-25-23)14-13-21(29)26-19-11-7-8-12-20(19)27(3)18-9-5-4-6-10-18/h4-12,15H,13-14H2,1-3H3,(H,26,29). The van der Waals surface area contributed by atoms with Gasteiger partial charge in [0.15, 0.2) is 0 Å². The van der Waals surface area contributed by atoms with E-state index >= 15 is 0 Å². The Kier molecular flexibility index (Phi) is 5.86. The number of fused-ring (bicyclic) bond motifs is 1. The smallest absolute Gasteiger partial charge is 0.262 e. The zero-order chi connectivity index (χ0) is 22.0. The zero-order valence-electron chi connectivity index (χ0n) is 17.8. The van der Waals surface area contributed by atoms with Gasteiger partial charge in [-0.05, 0) is 43.7 Å². The van der Waals surface area contributed by atoms with Gasteiger partial charge in [0.1, 0.15) is 4.83 Å². The molecular weight excluding hydrogens is 408 g/mol. The lowest BCUT2D eigenvalue weighted by Crippen LogP contribution is -2.24. The molecule has 31 heavy (non-hydrogen) atoms. The number of amides is 1. The van der Waals surface area contributed by atoms with Gasteiger partial charge in [-0.3, -0.25) is 14.2 Å². The summed E-state index contributed by atoms with van der Waals surface area (Å²) in [5.74, 6) is -0.154. The molecule has 6 nitrogen and oxygen atoms in total. The summed E-state index contributed by atoms with van der Waals surface area (Å²) < 4.78 is 1.52. The average molecular weight is 433 g/mol. The van der Waals surface area contributed by atoms with Gasteiger partial charge in [0, 0.05) is 30.6 Å². The minimum Gasteiger partial charge on any atom is -0.343 e. The van der Waals surface area contributed by atoms with Crippen LogP contribution in [0.3, 0.4) is 0 Å². The fourth-order valence-corrected chi connectivity index (χ4v) is 4.51. The lowest BCUT2D eigenvalue weighted by Gasteiger charge is -2.22. The Bertz CT molecular complexity index is 1290. The van der Waals surface area contributed by atoms with E-state index in [-0.39, 0.29) is 24.4 Å². The van der Waals surface area contributed by atoms with Gasteiger partial charge in [0.05, 0.1) is 23.1 Å². The van der Waals surface area contributed by atoms with Crippen LogP contribution in [0.4, 0.5) is 17.1 Å². The summed E-state index contributed by atoms with van der Waals surface area (Å²) in [6, 6.07) is 17.6. The van der Waals surface area contributed by atoms with E-state index in [2.05, 4.69) is 10.3 Å². The molecule has 2 aromatic heterocycles. The number of thiophene rings is 1. The summed E-state index contributed by atoms with van der Waals surface area (Å²) in [5.41, 5.74) is 3.52. The van der Waals surface area contributed by atoms with Crippen molar-refractivity contribution < 1.29 is 4.79 Å². The number of nitrogens with zero attached hydrogens (tertiary/aromatic N) is 3. The third kappa shape index (κ3) is 4.22. The van der Waals surface area contributed by atoms with Crippen molar-refractivity contribution >= 4 is 44.5 Å². The average Bonchev–Trinajstić information content (AvgIpc) is 3.08. The maximum Gasteiger partial charge on any atom is 0.262 e. The van der Waals surface area contributed by atoms with Crippen LogP contribution in [-0.2, 0) is 11.3 Å². The minimum atomic E-state index is -0.154. The number of benzene rings is 2. The highest BCUT2D eigenvalue weighted by molar-refractivity contribution is 7.18. The minimum absolute atomic E-state index is 0.0936. The molecule has 158 valence electrons. The van der Waals surface area contributed by atoms with Crippen LogP contribution in [0.2, 0.25) is 0 Å². The third-order valence-electron chi connectivity index (χ3n) is 5.42. The Morgan fingerprint density at radius 3 is 2.58 bits per heavy atom. The van der Waals surface area contributed by atoms with Crippen LogP contribution in [-0.4, -0.2) is 22.5 Å². The molecular formula is C24H24N4O2S. The number of aryl methyl sites for hydroxylation is 3. The van der Waals surface area contributed by atoms with Gasteiger partial charge in [-0.25, -0.2) is 4.98 Å². The topological polar surface area (TPSA) is 67.2 Å². The van der Waals surface area contributed by atoms with Gasteiger partial charge in [0.2, 0.25) is 5.91 Å². The normalized spacial score (nSPS) is 10.9. The van der Waals surface area contributed by atoms with Crippen molar-refractivity contribution in [2.24, 2.45) is 0 Å². The quantitative estimate of drug-likeness (QED) is 0.472. The Hall–Kier alpha value is -3.45. The molecule has 0 atom stereocenters. The van der Waals surface area contributed by atoms with Crippen molar-refractivity contribution in [2.75, 3.05) is 17.3 Å². The van der Waals surface area contributed by atoms with E-state index in [1.807, 2.05) is 80.4 Å². The Labute approximate surface area is 184 Å². The predicted octanol–water partition coefficient (Wildman–Crippen LogP) is 4.87. The molecule has 2 heterocycles. The van der Waals surface area contributed by atoms with Crippen LogP contribution in [0.5, 0.6) is 0 Å². The van der Waals surface area contributed by atoms with E-state index < -0.39 is 0 Å². The second-order valence-electron chi connectivity index (χ2n) is 7.42. The molecule has 0 radical (unpaired) electrons. The van der Waals surface area contributed by atoms with Gasteiger partial charge in [-0.15, -0.1) is 11.3 Å². The molecule has 0 fully saturated rings. The number of carbonyl (C=O) groups excluding carboxylic acids is 1. The first-order valence-electron chi connectivity index (χ1n) is 10.1. The van der Waals surface area contributed by atoms with Crippen molar-refractivity contribution in [1.29, 1.82) is 0 Å². The molecule has 0 saturated heterocycles.